The lowest BCUT2D eigenvalue weighted by Crippen LogP contribution is -2.32. The molecule has 0 fully saturated rings. The van der Waals surface area contributed by atoms with Gasteiger partial charge >= 0.3 is 0 Å². The molecule has 2 rings (SSSR count). The lowest BCUT2D eigenvalue weighted by molar-refractivity contribution is -0.151. The molecule has 0 N–H and O–H groups in total. The monoisotopic (exact) mass is 299 g/mol. The number of aromatic nitrogens is 1. The summed E-state index contributed by atoms with van der Waals surface area (Å²) in [6.07, 6.45) is 7.08. The maximum Gasteiger partial charge on any atom is 0.193 e. The fourth-order valence-corrected chi connectivity index (χ4v) is 2.07. The van der Waals surface area contributed by atoms with Gasteiger partial charge in [0.1, 0.15) is 11.9 Å². The summed E-state index contributed by atoms with van der Waals surface area (Å²) in [6, 6.07) is 11.8. The quantitative estimate of drug-likeness (QED) is 0.732. The van der Waals surface area contributed by atoms with E-state index in [0.717, 1.165) is 16.9 Å². The van der Waals surface area contributed by atoms with Crippen molar-refractivity contribution in [1.29, 1.82) is 0 Å². The van der Waals surface area contributed by atoms with Gasteiger partial charge in [-0.05, 0) is 42.3 Å². The molecule has 0 radical (unpaired) electrons. The predicted octanol–water partition coefficient (Wildman–Crippen LogP) is 3.64. The van der Waals surface area contributed by atoms with Crippen LogP contribution in [0.2, 0.25) is 0 Å². The number of ether oxygens (including phenoxy) is 3. The van der Waals surface area contributed by atoms with Gasteiger partial charge in [-0.1, -0.05) is 24.3 Å². The van der Waals surface area contributed by atoms with Gasteiger partial charge in [-0.25, -0.2) is 0 Å². The highest BCUT2D eigenvalue weighted by Crippen LogP contribution is 2.17. The summed E-state index contributed by atoms with van der Waals surface area (Å²) in [5, 5.41) is 0. The zero-order chi connectivity index (χ0) is 15.8. The Bertz CT molecular complexity index is 577. The van der Waals surface area contributed by atoms with E-state index in [1.807, 2.05) is 49.4 Å². The van der Waals surface area contributed by atoms with Crippen molar-refractivity contribution < 1.29 is 14.2 Å². The molecule has 0 aliphatic carbocycles. The van der Waals surface area contributed by atoms with Crippen LogP contribution in [0, 0.1) is 0 Å². The van der Waals surface area contributed by atoms with E-state index in [9.17, 15) is 0 Å². The summed E-state index contributed by atoms with van der Waals surface area (Å²) in [7, 11) is 3.20. The van der Waals surface area contributed by atoms with Crippen molar-refractivity contribution in [2.24, 2.45) is 0 Å². The second kappa shape index (κ2) is 8.32. The molecule has 4 heteroatoms. The molecule has 0 saturated heterocycles. The summed E-state index contributed by atoms with van der Waals surface area (Å²) >= 11 is 0. The van der Waals surface area contributed by atoms with Gasteiger partial charge in [0.15, 0.2) is 6.29 Å². The minimum absolute atomic E-state index is 0.187. The summed E-state index contributed by atoms with van der Waals surface area (Å²) in [6.45, 7) is 1.91. The predicted molar refractivity (Wildman–Crippen MR) is 87.5 cm³/mol. The largest absolute Gasteiger partial charge is 0.485 e. The summed E-state index contributed by atoms with van der Waals surface area (Å²) in [5.74, 6) is 0.785. The van der Waals surface area contributed by atoms with Crippen LogP contribution in [-0.4, -0.2) is 31.6 Å². The Hall–Kier alpha value is -2.17. The first kappa shape index (κ1) is 16.2. The topological polar surface area (TPSA) is 40.6 Å². The summed E-state index contributed by atoms with van der Waals surface area (Å²) in [4.78, 5) is 4.00. The van der Waals surface area contributed by atoms with Gasteiger partial charge in [-0.15, -0.1) is 0 Å². The Morgan fingerprint density at radius 1 is 0.864 bits per heavy atom. The van der Waals surface area contributed by atoms with Crippen molar-refractivity contribution >= 4 is 12.2 Å². The highest BCUT2D eigenvalue weighted by atomic mass is 16.7. The van der Waals surface area contributed by atoms with E-state index in [1.54, 1.807) is 26.6 Å². The van der Waals surface area contributed by atoms with Crippen LogP contribution in [0.3, 0.4) is 0 Å². The summed E-state index contributed by atoms with van der Waals surface area (Å²) in [5.41, 5.74) is 2.22. The zero-order valence-corrected chi connectivity index (χ0v) is 13.1. The van der Waals surface area contributed by atoms with Gasteiger partial charge in [0.05, 0.1) is 0 Å². The van der Waals surface area contributed by atoms with E-state index in [2.05, 4.69) is 11.1 Å². The second-order valence-electron chi connectivity index (χ2n) is 4.85. The molecule has 0 bridgehead atoms. The van der Waals surface area contributed by atoms with Gasteiger partial charge in [-0.2, -0.15) is 0 Å². The van der Waals surface area contributed by atoms with E-state index in [1.165, 1.54) is 0 Å². The Morgan fingerprint density at radius 2 is 1.41 bits per heavy atom. The smallest absolute Gasteiger partial charge is 0.193 e. The van der Waals surface area contributed by atoms with Crippen molar-refractivity contribution in [3.05, 3.63) is 59.9 Å². The van der Waals surface area contributed by atoms with Gasteiger partial charge in [0, 0.05) is 26.6 Å². The van der Waals surface area contributed by atoms with Crippen molar-refractivity contribution in [2.45, 2.75) is 19.3 Å². The van der Waals surface area contributed by atoms with Crippen LogP contribution >= 0.6 is 0 Å². The Balaban J connectivity index is 1.97. The van der Waals surface area contributed by atoms with Crippen molar-refractivity contribution in [2.75, 3.05) is 14.2 Å². The molecule has 1 atom stereocenters. The molecule has 1 unspecified atom stereocenters. The molecule has 4 nitrogen and oxygen atoms in total. The number of pyridine rings is 1. The fourth-order valence-electron chi connectivity index (χ4n) is 2.07. The van der Waals surface area contributed by atoms with Crippen LogP contribution in [0.25, 0.3) is 12.2 Å². The molecule has 1 aromatic carbocycles. The van der Waals surface area contributed by atoms with E-state index >= 15 is 0 Å². The third-order valence-electron chi connectivity index (χ3n) is 3.22. The molecule has 1 aromatic heterocycles. The van der Waals surface area contributed by atoms with Gasteiger partial charge in [0.25, 0.3) is 0 Å². The maximum absolute atomic E-state index is 5.79. The number of hydrogen-bond donors (Lipinski definition) is 0. The molecule has 116 valence electrons. The third kappa shape index (κ3) is 4.69. The molecular formula is C18H21NO3. The van der Waals surface area contributed by atoms with Crippen LogP contribution in [0.1, 0.15) is 18.1 Å². The summed E-state index contributed by atoms with van der Waals surface area (Å²) < 4.78 is 16.2. The first-order chi connectivity index (χ1) is 10.7. The number of methoxy groups -OCH3 is 2. The van der Waals surface area contributed by atoms with Crippen molar-refractivity contribution in [1.82, 2.24) is 4.98 Å². The molecule has 0 aliphatic rings. The Morgan fingerprint density at radius 3 is 1.95 bits per heavy atom. The van der Waals surface area contributed by atoms with Gasteiger partial charge < -0.3 is 14.2 Å². The maximum atomic E-state index is 5.79. The number of benzene rings is 1. The molecule has 22 heavy (non-hydrogen) atoms. The molecular weight excluding hydrogens is 278 g/mol. The normalized spacial score (nSPS) is 12.7. The molecule has 0 aliphatic heterocycles. The number of nitrogens with zero attached hydrogens (tertiary/aromatic N) is 1. The van der Waals surface area contributed by atoms with Crippen LogP contribution in [0.15, 0.2) is 48.8 Å². The lowest BCUT2D eigenvalue weighted by atomic mass is 10.1. The van der Waals surface area contributed by atoms with E-state index in [4.69, 9.17) is 14.2 Å². The van der Waals surface area contributed by atoms with Gasteiger partial charge in [0.2, 0.25) is 0 Å². The average Bonchev–Trinajstić information content (AvgIpc) is 2.56. The first-order valence-corrected chi connectivity index (χ1v) is 7.13. The van der Waals surface area contributed by atoms with Crippen LogP contribution in [0.5, 0.6) is 5.75 Å². The molecule has 0 saturated carbocycles. The molecule has 1 heterocycles. The van der Waals surface area contributed by atoms with Crippen LogP contribution < -0.4 is 4.74 Å². The molecule has 2 aromatic rings. The molecule has 0 spiro atoms. The standard InChI is InChI=1S/C18H21NO3/c1-14(18(20-2)21-3)22-17-8-6-15(7-9-17)4-5-16-10-12-19-13-11-16/h4-14,18H,1-3H3/b5-4+. The Kier molecular flexibility index (Phi) is 6.13. The van der Waals surface area contributed by atoms with E-state index in [-0.39, 0.29) is 12.4 Å². The first-order valence-electron chi connectivity index (χ1n) is 7.13. The fraction of sp³-hybridized carbons (Fsp3) is 0.278. The van der Waals surface area contributed by atoms with Crippen LogP contribution in [0.4, 0.5) is 0 Å². The average molecular weight is 299 g/mol. The lowest BCUT2D eigenvalue weighted by Gasteiger charge is -2.22. The molecule has 0 amide bonds. The van der Waals surface area contributed by atoms with Gasteiger partial charge in [-0.3, -0.25) is 4.98 Å². The minimum atomic E-state index is -0.383. The third-order valence-corrected chi connectivity index (χ3v) is 3.22. The highest BCUT2D eigenvalue weighted by molar-refractivity contribution is 5.69. The van der Waals surface area contributed by atoms with Crippen LogP contribution in [-0.2, 0) is 9.47 Å². The Labute approximate surface area is 131 Å². The number of rotatable bonds is 7. The van der Waals surface area contributed by atoms with E-state index < -0.39 is 0 Å². The zero-order valence-electron chi connectivity index (χ0n) is 13.1. The highest BCUT2D eigenvalue weighted by Gasteiger charge is 2.17. The SMILES string of the molecule is COC(OC)C(C)Oc1ccc(/C=C/c2ccncc2)cc1. The minimum Gasteiger partial charge on any atom is -0.485 e. The number of hydrogen-bond acceptors (Lipinski definition) is 4. The van der Waals surface area contributed by atoms with E-state index in [0.29, 0.717) is 0 Å². The second-order valence-corrected chi connectivity index (χ2v) is 4.85. The van der Waals surface area contributed by atoms with Crippen molar-refractivity contribution in [3.8, 4) is 5.75 Å². The van der Waals surface area contributed by atoms with Crippen molar-refractivity contribution in [3.63, 3.8) is 0 Å².